The lowest BCUT2D eigenvalue weighted by molar-refractivity contribution is 0.177. The van der Waals surface area contributed by atoms with E-state index in [1.165, 1.54) is 0 Å². The second kappa shape index (κ2) is 5.71. The van der Waals surface area contributed by atoms with Gasteiger partial charge in [0.2, 0.25) is 0 Å². The number of hydrogen-bond donors (Lipinski definition) is 1. The van der Waals surface area contributed by atoms with E-state index in [9.17, 15) is 5.11 Å². The van der Waals surface area contributed by atoms with Gasteiger partial charge in [0.1, 0.15) is 0 Å². The fourth-order valence-corrected chi connectivity index (χ4v) is 1.44. The summed E-state index contributed by atoms with van der Waals surface area (Å²) in [6.45, 7) is 7.88. The van der Waals surface area contributed by atoms with Crippen molar-refractivity contribution in [1.29, 1.82) is 0 Å². The van der Waals surface area contributed by atoms with Gasteiger partial charge < -0.3 is 5.11 Å². The Morgan fingerprint density at radius 1 is 1.67 bits per heavy atom. The molecule has 0 spiro atoms. The Morgan fingerprint density at radius 2 is 2.40 bits per heavy atom. The zero-order valence-corrected chi connectivity index (χ0v) is 9.56. The molecule has 0 bridgehead atoms. The second-order valence-corrected chi connectivity index (χ2v) is 3.93. The van der Waals surface area contributed by atoms with Gasteiger partial charge in [-0.2, -0.15) is 5.10 Å². The van der Waals surface area contributed by atoms with Crippen LogP contribution in [0.15, 0.2) is 24.9 Å². The van der Waals surface area contributed by atoms with Crippen LogP contribution in [0.1, 0.15) is 38.4 Å². The summed E-state index contributed by atoms with van der Waals surface area (Å²) in [4.78, 5) is 0. The molecule has 0 saturated carbocycles. The molecule has 84 valence electrons. The van der Waals surface area contributed by atoms with E-state index in [2.05, 4.69) is 25.5 Å². The summed E-state index contributed by atoms with van der Waals surface area (Å²) in [5.74, 6) is 0. The first-order valence-electron chi connectivity index (χ1n) is 5.50. The van der Waals surface area contributed by atoms with Gasteiger partial charge in [-0.1, -0.05) is 13.0 Å². The van der Waals surface area contributed by atoms with Crippen molar-refractivity contribution in [3.63, 3.8) is 0 Å². The molecule has 2 atom stereocenters. The summed E-state index contributed by atoms with van der Waals surface area (Å²) in [5, 5.41) is 14.0. The molecule has 0 aliphatic rings. The maximum atomic E-state index is 9.59. The van der Waals surface area contributed by atoms with Crippen molar-refractivity contribution < 1.29 is 5.11 Å². The van der Waals surface area contributed by atoms with Gasteiger partial charge in [-0.3, -0.25) is 4.68 Å². The van der Waals surface area contributed by atoms with Crippen LogP contribution in [-0.4, -0.2) is 21.0 Å². The Balaban J connectivity index is 2.56. The second-order valence-electron chi connectivity index (χ2n) is 3.93. The monoisotopic (exact) mass is 208 g/mol. The van der Waals surface area contributed by atoms with Crippen LogP contribution in [0.4, 0.5) is 0 Å². The highest BCUT2D eigenvalue weighted by atomic mass is 16.3. The number of nitrogens with zero attached hydrogens (tertiary/aromatic N) is 2. The Kier molecular flexibility index (Phi) is 4.56. The Hall–Kier alpha value is -1.09. The molecule has 1 heterocycles. The maximum absolute atomic E-state index is 9.59. The Bertz CT molecular complexity index is 306. The molecule has 1 aromatic rings. The van der Waals surface area contributed by atoms with E-state index in [0.29, 0.717) is 18.9 Å². The summed E-state index contributed by atoms with van der Waals surface area (Å²) in [6, 6.07) is 2.40. The van der Waals surface area contributed by atoms with Crippen molar-refractivity contribution in [2.75, 3.05) is 0 Å². The molecule has 0 amide bonds. The van der Waals surface area contributed by atoms with Crippen molar-refractivity contribution in [3.8, 4) is 0 Å². The van der Waals surface area contributed by atoms with Crippen LogP contribution in [0.3, 0.4) is 0 Å². The number of aliphatic hydroxyl groups is 1. The SMILES string of the molecule is C=CCC(O)Cc1ccn(C(C)CC)n1. The Labute approximate surface area is 91.4 Å². The first kappa shape index (κ1) is 12.0. The minimum absolute atomic E-state index is 0.359. The molecule has 0 aliphatic carbocycles. The number of aromatic nitrogens is 2. The minimum Gasteiger partial charge on any atom is -0.392 e. The van der Waals surface area contributed by atoms with Crippen LogP contribution in [0.25, 0.3) is 0 Å². The largest absolute Gasteiger partial charge is 0.392 e. The first-order valence-corrected chi connectivity index (χ1v) is 5.50. The van der Waals surface area contributed by atoms with Crippen LogP contribution in [0, 0.1) is 0 Å². The molecule has 3 heteroatoms. The van der Waals surface area contributed by atoms with Crippen molar-refractivity contribution >= 4 is 0 Å². The van der Waals surface area contributed by atoms with Gasteiger partial charge in [0.15, 0.2) is 0 Å². The number of hydrogen-bond acceptors (Lipinski definition) is 2. The molecule has 1 N–H and O–H groups in total. The third-order valence-corrected chi connectivity index (χ3v) is 2.59. The molecule has 0 fully saturated rings. The molecule has 1 aromatic heterocycles. The summed E-state index contributed by atoms with van der Waals surface area (Å²) >= 11 is 0. The highest BCUT2D eigenvalue weighted by Crippen LogP contribution is 2.10. The molecule has 3 nitrogen and oxygen atoms in total. The lowest BCUT2D eigenvalue weighted by Crippen LogP contribution is -2.11. The van der Waals surface area contributed by atoms with E-state index in [-0.39, 0.29) is 6.10 Å². The predicted molar refractivity (Wildman–Crippen MR) is 61.8 cm³/mol. The quantitative estimate of drug-likeness (QED) is 0.729. The van der Waals surface area contributed by atoms with Gasteiger partial charge in [0.05, 0.1) is 11.8 Å². The fourth-order valence-electron chi connectivity index (χ4n) is 1.44. The van der Waals surface area contributed by atoms with Gasteiger partial charge in [0.25, 0.3) is 0 Å². The molecule has 0 aliphatic heterocycles. The molecule has 15 heavy (non-hydrogen) atoms. The van der Waals surface area contributed by atoms with Gasteiger partial charge in [-0.25, -0.2) is 0 Å². The van der Waals surface area contributed by atoms with E-state index in [1.54, 1.807) is 6.08 Å². The smallest absolute Gasteiger partial charge is 0.0650 e. The van der Waals surface area contributed by atoms with Gasteiger partial charge in [-0.15, -0.1) is 6.58 Å². The van der Waals surface area contributed by atoms with Crippen LogP contribution in [0.2, 0.25) is 0 Å². The van der Waals surface area contributed by atoms with Crippen molar-refractivity contribution in [3.05, 3.63) is 30.6 Å². The highest BCUT2D eigenvalue weighted by Gasteiger charge is 2.08. The van der Waals surface area contributed by atoms with Crippen LogP contribution >= 0.6 is 0 Å². The van der Waals surface area contributed by atoms with E-state index < -0.39 is 0 Å². The highest BCUT2D eigenvalue weighted by molar-refractivity contribution is 5.01. The molecule has 0 aromatic carbocycles. The third kappa shape index (κ3) is 3.51. The van der Waals surface area contributed by atoms with E-state index in [4.69, 9.17) is 0 Å². The molecule has 0 radical (unpaired) electrons. The molecule has 2 unspecified atom stereocenters. The Morgan fingerprint density at radius 3 is 3.00 bits per heavy atom. The number of rotatable bonds is 6. The summed E-state index contributed by atoms with van der Waals surface area (Å²) in [5.41, 5.74) is 0.949. The van der Waals surface area contributed by atoms with Gasteiger partial charge >= 0.3 is 0 Å². The first-order chi connectivity index (χ1) is 7.17. The van der Waals surface area contributed by atoms with Gasteiger partial charge in [-0.05, 0) is 25.8 Å². The van der Waals surface area contributed by atoms with Crippen LogP contribution in [-0.2, 0) is 6.42 Å². The van der Waals surface area contributed by atoms with Crippen LogP contribution in [0.5, 0.6) is 0 Å². The molecule has 1 rings (SSSR count). The third-order valence-electron chi connectivity index (χ3n) is 2.59. The summed E-state index contributed by atoms with van der Waals surface area (Å²) < 4.78 is 1.95. The zero-order chi connectivity index (χ0) is 11.3. The zero-order valence-electron chi connectivity index (χ0n) is 9.56. The van der Waals surface area contributed by atoms with Crippen molar-refractivity contribution in [2.45, 2.75) is 45.3 Å². The minimum atomic E-state index is -0.359. The van der Waals surface area contributed by atoms with Crippen LogP contribution < -0.4 is 0 Å². The average molecular weight is 208 g/mol. The summed E-state index contributed by atoms with van der Waals surface area (Å²) in [6.07, 6.45) is 5.64. The lowest BCUT2D eigenvalue weighted by atomic mass is 10.1. The molecular weight excluding hydrogens is 188 g/mol. The maximum Gasteiger partial charge on any atom is 0.0650 e. The predicted octanol–water partition coefficient (Wildman–Crippen LogP) is 2.33. The lowest BCUT2D eigenvalue weighted by Gasteiger charge is -2.09. The van der Waals surface area contributed by atoms with Gasteiger partial charge in [0, 0.05) is 18.7 Å². The van der Waals surface area contributed by atoms with E-state index in [1.807, 2.05) is 16.9 Å². The topological polar surface area (TPSA) is 38.0 Å². The van der Waals surface area contributed by atoms with Crippen molar-refractivity contribution in [2.24, 2.45) is 0 Å². The fraction of sp³-hybridized carbons (Fsp3) is 0.583. The van der Waals surface area contributed by atoms with E-state index in [0.717, 1.165) is 12.1 Å². The molecular formula is C12H20N2O. The summed E-state index contributed by atoms with van der Waals surface area (Å²) in [7, 11) is 0. The number of aliphatic hydroxyl groups excluding tert-OH is 1. The standard InChI is InChI=1S/C12H20N2O/c1-4-6-12(15)9-11-7-8-14(13-11)10(3)5-2/h4,7-8,10,12,15H,1,5-6,9H2,2-3H3. The molecule has 0 saturated heterocycles. The normalized spacial score (nSPS) is 14.9. The van der Waals surface area contributed by atoms with E-state index >= 15 is 0 Å². The average Bonchev–Trinajstić information content (AvgIpc) is 2.65. The van der Waals surface area contributed by atoms with Crippen molar-refractivity contribution in [1.82, 2.24) is 9.78 Å².